The van der Waals surface area contributed by atoms with E-state index in [-0.39, 0.29) is 58.7 Å². The summed E-state index contributed by atoms with van der Waals surface area (Å²) in [4.78, 5) is 118. The minimum atomic E-state index is -0.544. The van der Waals surface area contributed by atoms with E-state index in [4.69, 9.17) is 33.2 Å². The first-order valence-electron chi connectivity index (χ1n) is 45.9. The van der Waals surface area contributed by atoms with Crippen molar-refractivity contribution < 1.29 is 81.1 Å². The molecule has 22 heteroatoms. The predicted molar refractivity (Wildman–Crippen MR) is 465 cm³/mol. The highest BCUT2D eigenvalue weighted by atomic mass is 16.5. The van der Waals surface area contributed by atoms with Gasteiger partial charge in [-0.2, -0.15) is 0 Å². The molecule has 0 saturated heterocycles. The van der Waals surface area contributed by atoms with E-state index in [9.17, 15) is 47.9 Å². The third-order valence-corrected chi connectivity index (χ3v) is 18.5. The molecule has 672 valence electrons. The number of Topliss-reactive ketones (excluding diaryl/α,β-unsaturated/α-hetero) is 5. The van der Waals surface area contributed by atoms with Crippen LogP contribution in [0.2, 0.25) is 0 Å². The number of hydrogen-bond acceptors (Lipinski definition) is 17. The molecule has 0 bridgehead atoms. The van der Waals surface area contributed by atoms with E-state index in [1.165, 1.54) is 141 Å². The first kappa shape index (κ1) is 116. The van der Waals surface area contributed by atoms with E-state index in [1.807, 2.05) is 76.2 Å². The van der Waals surface area contributed by atoms with Gasteiger partial charge in [0.25, 0.3) is 0 Å². The van der Waals surface area contributed by atoms with Gasteiger partial charge in [0, 0.05) is 123 Å². The van der Waals surface area contributed by atoms with Gasteiger partial charge in [0.1, 0.15) is 17.3 Å². The Balaban J connectivity index is -0.000000718. The first-order valence-corrected chi connectivity index (χ1v) is 45.9. The molecule has 0 rings (SSSR count). The van der Waals surface area contributed by atoms with Gasteiger partial charge in [0.15, 0.2) is 11.6 Å². The molecule has 0 radical (unpaired) electrons. The maximum Gasteiger partial charge on any atom is 0.220 e. The highest BCUT2D eigenvalue weighted by Crippen LogP contribution is 2.17. The van der Waals surface area contributed by atoms with Crippen molar-refractivity contribution in [3.63, 3.8) is 0 Å². The van der Waals surface area contributed by atoms with Crippen molar-refractivity contribution in [3.05, 3.63) is 0 Å². The second-order valence-electron chi connectivity index (χ2n) is 32.3. The summed E-state index contributed by atoms with van der Waals surface area (Å²) in [7, 11) is 0. The van der Waals surface area contributed by atoms with Crippen molar-refractivity contribution in [1.82, 2.24) is 26.6 Å². The van der Waals surface area contributed by atoms with Crippen LogP contribution >= 0.6 is 0 Å². The zero-order valence-corrected chi connectivity index (χ0v) is 75.7. The lowest BCUT2D eigenvalue weighted by Crippen LogP contribution is -2.41. The summed E-state index contributed by atoms with van der Waals surface area (Å²) in [5.74, 6) is 1.97. The average molecular weight is 1630 g/mol. The second kappa shape index (κ2) is 90.7. The van der Waals surface area contributed by atoms with Crippen LogP contribution in [0, 0.1) is 23.7 Å². The maximum absolute atomic E-state index is 12.7. The lowest BCUT2D eigenvalue weighted by atomic mass is 10.0. The molecule has 0 spiro atoms. The summed E-state index contributed by atoms with van der Waals surface area (Å²) in [6.07, 6.45) is 44.3. The topological polar surface area (TPSA) is 295 Å². The molecule has 0 aromatic rings. The monoisotopic (exact) mass is 1620 g/mol. The minimum absolute atomic E-state index is 0.00790. The number of ketones is 5. The molecule has 0 aliphatic heterocycles. The highest BCUT2D eigenvalue weighted by molar-refractivity contribution is 5.90. The van der Waals surface area contributed by atoms with Crippen molar-refractivity contribution in [3.8, 4) is 0 Å². The summed E-state index contributed by atoms with van der Waals surface area (Å²) < 4.78 is 37.7. The van der Waals surface area contributed by atoms with Crippen LogP contribution in [0.5, 0.6) is 0 Å². The molecular formula is C92H177N5O17. The van der Waals surface area contributed by atoms with Crippen molar-refractivity contribution in [1.29, 1.82) is 0 Å². The molecule has 114 heavy (non-hydrogen) atoms. The lowest BCUT2D eigenvalue weighted by Gasteiger charge is -2.19. The Morgan fingerprint density at radius 1 is 0.254 bits per heavy atom. The zero-order chi connectivity index (χ0) is 85.6. The number of amides is 5. The smallest absolute Gasteiger partial charge is 0.220 e. The van der Waals surface area contributed by atoms with Crippen molar-refractivity contribution >= 4 is 58.5 Å². The summed E-state index contributed by atoms with van der Waals surface area (Å²) in [5, 5.41) is 14.4. The second-order valence-corrected chi connectivity index (χ2v) is 32.3. The number of unbranched alkanes of at least 4 members (excludes halogenated alkanes) is 23. The SMILES string of the molecule is CCC(=O)CCCCCCCCCCCCCCCCC(C)=O.CCCC(=O)CCOCCOCCCC(=O)C(CCCNC(=O)CC(C)C)NC(=O)CC(C)C.CCCCCCCCCCCCCC(=O)NCCOCCOCC.CCCOCCOCCOCCCC(=O)C(CCCNC(=O)CC(C)C)NC(=O)CC(C)C. The van der Waals surface area contributed by atoms with E-state index >= 15 is 0 Å². The Hall–Kier alpha value is -4.58. The van der Waals surface area contributed by atoms with Crippen LogP contribution in [0.15, 0.2) is 0 Å². The van der Waals surface area contributed by atoms with Gasteiger partial charge in [-0.05, 0) is 108 Å². The summed E-state index contributed by atoms with van der Waals surface area (Å²) in [6.45, 7) is 36.9. The third-order valence-electron chi connectivity index (χ3n) is 18.5. The standard InChI is InChI=1S/C26H48N2O6.C25H48N2O6.C21H40O2.C20H41NO3/c1-6-9-22(29)12-15-34-17-16-33-14-8-11-24(30)23(28-26(32)19-21(4)5)10-7-13-27-25(31)18-20(2)3;1-6-12-31-14-16-33-17-15-32-13-8-10-23(28)22(27-25(30)19-21(4)5)9-7-11-26-24(29)18-20(2)3;1-3-21(23)19-17-15-13-11-9-7-5-4-6-8-10-12-14-16-18-20(2)22;1-3-5-6-7-8-9-10-11-12-13-14-15-20(22)21-16-17-24-19-18-23-4-2/h20-21,23H,6-19H2,1-5H3,(H,27,31)(H,28,32);20-22H,6-19H2,1-5H3,(H,26,29)(H,27,30);3-19H2,1-2H3;3-19H2,1-2H3,(H,21,22). The van der Waals surface area contributed by atoms with Gasteiger partial charge in [-0.1, -0.05) is 224 Å². The predicted octanol–water partition coefficient (Wildman–Crippen LogP) is 18.5. The molecule has 2 atom stereocenters. The molecule has 2 unspecified atom stereocenters. The fourth-order valence-electron chi connectivity index (χ4n) is 12.1. The van der Waals surface area contributed by atoms with Gasteiger partial charge in [-0.3, -0.25) is 43.2 Å². The van der Waals surface area contributed by atoms with Gasteiger partial charge < -0.3 is 64.5 Å². The van der Waals surface area contributed by atoms with E-state index < -0.39 is 12.1 Å². The number of carbonyl (C=O) groups excluding carboxylic acids is 10. The fraction of sp³-hybridized carbons (Fsp3) is 0.891. The van der Waals surface area contributed by atoms with E-state index in [0.29, 0.717) is 225 Å². The van der Waals surface area contributed by atoms with Crippen molar-refractivity contribution in [2.24, 2.45) is 23.7 Å². The van der Waals surface area contributed by atoms with Gasteiger partial charge >= 0.3 is 0 Å². The zero-order valence-electron chi connectivity index (χ0n) is 75.7. The average Bonchev–Trinajstić information content (AvgIpc) is 0.920. The largest absolute Gasteiger partial charge is 0.379 e. The van der Waals surface area contributed by atoms with Crippen LogP contribution in [-0.2, 0) is 81.1 Å². The molecule has 0 heterocycles. The fourth-order valence-corrected chi connectivity index (χ4v) is 12.1. The van der Waals surface area contributed by atoms with Crippen molar-refractivity contribution in [2.75, 3.05) is 112 Å². The third kappa shape index (κ3) is 96.3. The number of rotatable bonds is 81. The first-order chi connectivity index (χ1) is 54.9. The molecule has 0 aromatic carbocycles. The van der Waals surface area contributed by atoms with Crippen LogP contribution in [0.1, 0.15) is 386 Å². The minimum Gasteiger partial charge on any atom is -0.379 e. The Labute approximate surface area is 696 Å². The molecule has 22 nitrogen and oxygen atoms in total. The molecule has 5 amide bonds. The number of carbonyl (C=O) groups is 10. The van der Waals surface area contributed by atoms with Gasteiger partial charge in [-0.15, -0.1) is 0 Å². The number of nitrogens with one attached hydrogen (secondary N) is 5. The highest BCUT2D eigenvalue weighted by Gasteiger charge is 2.23. The van der Waals surface area contributed by atoms with E-state index in [0.717, 1.165) is 58.2 Å². The molecule has 0 saturated carbocycles. The molecule has 0 fully saturated rings. The van der Waals surface area contributed by atoms with E-state index in [1.54, 1.807) is 6.92 Å². The van der Waals surface area contributed by atoms with E-state index in [2.05, 4.69) is 40.4 Å². The van der Waals surface area contributed by atoms with Gasteiger partial charge in [0.2, 0.25) is 29.5 Å². The van der Waals surface area contributed by atoms with Gasteiger partial charge in [-0.25, -0.2) is 0 Å². The Morgan fingerprint density at radius 3 is 0.956 bits per heavy atom. The van der Waals surface area contributed by atoms with Crippen LogP contribution in [0.25, 0.3) is 0 Å². The summed E-state index contributed by atoms with van der Waals surface area (Å²) in [5.41, 5.74) is 0. The summed E-state index contributed by atoms with van der Waals surface area (Å²) in [6, 6.07) is -1.07. The molecule has 0 aliphatic carbocycles. The maximum atomic E-state index is 12.7. The quantitative estimate of drug-likeness (QED) is 0.0354. The van der Waals surface area contributed by atoms with Crippen LogP contribution < -0.4 is 26.6 Å². The normalized spacial score (nSPS) is 11.6. The molecule has 5 N–H and O–H groups in total. The summed E-state index contributed by atoms with van der Waals surface area (Å²) >= 11 is 0. The van der Waals surface area contributed by atoms with Crippen molar-refractivity contribution in [2.45, 2.75) is 398 Å². The number of hydrogen-bond donors (Lipinski definition) is 5. The van der Waals surface area contributed by atoms with Crippen LogP contribution in [-0.4, -0.2) is 183 Å². The Kier molecular flexibility index (Phi) is 92.1. The lowest BCUT2D eigenvalue weighted by molar-refractivity contribution is -0.128. The Morgan fingerprint density at radius 2 is 0.588 bits per heavy atom. The van der Waals surface area contributed by atoms with Gasteiger partial charge in [0.05, 0.1) is 78.2 Å². The Bertz CT molecular complexity index is 2250. The van der Waals surface area contributed by atoms with Crippen LogP contribution in [0.4, 0.5) is 0 Å². The molecule has 0 aliphatic rings. The molecular weight excluding hydrogens is 1450 g/mol. The molecule has 0 aromatic heterocycles. The van der Waals surface area contributed by atoms with Crippen LogP contribution in [0.3, 0.4) is 0 Å². The number of ether oxygens (including phenoxy) is 7.